The van der Waals surface area contributed by atoms with Gasteiger partial charge in [-0.2, -0.15) is 18.4 Å². The summed E-state index contributed by atoms with van der Waals surface area (Å²) in [6.07, 6.45) is 0.941. The predicted octanol–water partition coefficient (Wildman–Crippen LogP) is 2.90. The number of benzene rings is 1. The summed E-state index contributed by atoms with van der Waals surface area (Å²) in [7, 11) is 0. The molecule has 1 rings (SSSR count). The van der Waals surface area contributed by atoms with E-state index in [4.69, 9.17) is 5.26 Å². The zero-order valence-corrected chi connectivity index (χ0v) is 11.1. The van der Waals surface area contributed by atoms with Crippen LogP contribution in [0.25, 0.3) is 0 Å². The quantitative estimate of drug-likeness (QED) is 0.288. The molecule has 0 aliphatic heterocycles. The molecule has 22 heavy (non-hydrogen) atoms. The predicted molar refractivity (Wildman–Crippen MR) is 64.7 cm³/mol. The van der Waals surface area contributed by atoms with Gasteiger partial charge in [-0.05, 0) is 13.0 Å². The molecule has 1 aromatic carbocycles. The molecule has 0 saturated heterocycles. The van der Waals surface area contributed by atoms with Crippen LogP contribution in [0.5, 0.6) is 5.75 Å². The van der Waals surface area contributed by atoms with Gasteiger partial charge in [0, 0.05) is 12.7 Å². The Morgan fingerprint density at radius 3 is 2.55 bits per heavy atom. The number of hydrogen-bond donors (Lipinski definition) is 1. The summed E-state index contributed by atoms with van der Waals surface area (Å²) in [5, 5.41) is 11.3. The summed E-state index contributed by atoms with van der Waals surface area (Å²) in [5.41, 5.74) is -1.71. The van der Waals surface area contributed by atoms with Gasteiger partial charge in [-0.3, -0.25) is 4.79 Å². The lowest BCUT2D eigenvalue weighted by Crippen LogP contribution is -2.14. The second-order valence-corrected chi connectivity index (χ2v) is 3.80. The third kappa shape index (κ3) is 3.72. The highest BCUT2D eigenvalue weighted by Crippen LogP contribution is 2.29. The summed E-state index contributed by atoms with van der Waals surface area (Å²) < 4.78 is 68.2. The highest BCUT2D eigenvalue weighted by Gasteiger charge is 2.27. The summed E-state index contributed by atoms with van der Waals surface area (Å²) in [5.74, 6) is -8.61. The number of hydrogen-bond acceptors (Lipinski definition) is 4. The summed E-state index contributed by atoms with van der Waals surface area (Å²) in [6.45, 7) is -1.65. The number of nitrogens with one attached hydrogen (secondary N) is 1. The third-order valence-electron chi connectivity index (χ3n) is 2.38. The monoisotopic (exact) mass is 320 g/mol. The first-order chi connectivity index (χ1) is 10.3. The van der Waals surface area contributed by atoms with Gasteiger partial charge in [0.25, 0.3) is 0 Å². The minimum Gasteiger partial charge on any atom is -0.428 e. The Morgan fingerprint density at radius 2 is 2.05 bits per heavy atom. The van der Waals surface area contributed by atoms with Crippen molar-refractivity contribution in [1.82, 2.24) is 5.32 Å². The first-order valence-corrected chi connectivity index (χ1v) is 5.84. The first kappa shape index (κ1) is 17.4. The van der Waals surface area contributed by atoms with E-state index >= 15 is 0 Å². The molecule has 0 atom stereocenters. The van der Waals surface area contributed by atoms with E-state index in [2.05, 4.69) is 10.1 Å². The van der Waals surface area contributed by atoms with Gasteiger partial charge < -0.3 is 10.1 Å². The molecule has 4 nitrogen and oxygen atoms in total. The highest BCUT2D eigenvalue weighted by molar-refractivity contribution is 6.11. The van der Waals surface area contributed by atoms with E-state index in [0.717, 1.165) is 6.20 Å². The van der Waals surface area contributed by atoms with E-state index in [9.17, 15) is 26.7 Å². The van der Waals surface area contributed by atoms with E-state index < -0.39 is 46.7 Å². The molecule has 0 aromatic heterocycles. The Morgan fingerprint density at radius 1 is 1.41 bits per heavy atom. The fourth-order valence-electron chi connectivity index (χ4n) is 1.44. The number of ether oxygens (including phenoxy) is 1. The van der Waals surface area contributed by atoms with Gasteiger partial charge >= 0.3 is 6.61 Å². The second kappa shape index (κ2) is 7.40. The van der Waals surface area contributed by atoms with Crippen molar-refractivity contribution in [3.63, 3.8) is 0 Å². The second-order valence-electron chi connectivity index (χ2n) is 3.80. The van der Waals surface area contributed by atoms with E-state index in [1.165, 1.54) is 6.07 Å². The van der Waals surface area contributed by atoms with Gasteiger partial charge in [0.05, 0.1) is 5.56 Å². The van der Waals surface area contributed by atoms with Crippen LogP contribution >= 0.6 is 0 Å². The highest BCUT2D eigenvalue weighted by atomic mass is 19.3. The fourth-order valence-corrected chi connectivity index (χ4v) is 1.44. The standard InChI is InChI=1S/C13H9F5N2O2/c1-2-20-5-6(4-19)11(21)7-3-8(14)10(16)12(9(7)15)22-13(17)18/h3,5,13,20H,2H2,1H3/b6-5+. The third-order valence-corrected chi connectivity index (χ3v) is 2.38. The molecule has 0 amide bonds. The Labute approximate surface area is 121 Å². The van der Waals surface area contributed by atoms with Crippen LogP contribution in [0.15, 0.2) is 17.8 Å². The molecule has 0 heterocycles. The lowest BCUT2D eigenvalue weighted by atomic mass is 10.0. The van der Waals surface area contributed by atoms with Gasteiger partial charge in [0.2, 0.25) is 17.3 Å². The number of Topliss-reactive ketones (excluding diaryl/α,β-unsaturated/α-hetero) is 1. The Kier molecular flexibility index (Phi) is 5.86. The van der Waals surface area contributed by atoms with Crippen molar-refractivity contribution in [2.45, 2.75) is 13.5 Å². The smallest absolute Gasteiger partial charge is 0.387 e. The Hall–Kier alpha value is -2.63. The number of rotatable bonds is 6. The van der Waals surface area contributed by atoms with Crippen LogP contribution in [0.1, 0.15) is 17.3 Å². The Bertz CT molecular complexity index is 653. The van der Waals surface area contributed by atoms with Crippen molar-refractivity contribution < 1.29 is 31.5 Å². The number of ketones is 1. The van der Waals surface area contributed by atoms with Crippen LogP contribution in [-0.4, -0.2) is 18.9 Å². The number of allylic oxidation sites excluding steroid dienone is 1. The van der Waals surface area contributed by atoms with Crippen molar-refractivity contribution in [1.29, 1.82) is 5.26 Å². The van der Waals surface area contributed by atoms with Crippen molar-refractivity contribution in [3.05, 3.63) is 40.9 Å². The molecule has 0 fully saturated rings. The van der Waals surface area contributed by atoms with E-state index in [1.807, 2.05) is 0 Å². The number of nitriles is 1. The topological polar surface area (TPSA) is 62.1 Å². The number of carbonyl (C=O) groups excluding carboxylic acids is 1. The van der Waals surface area contributed by atoms with Crippen molar-refractivity contribution in [2.75, 3.05) is 6.54 Å². The fraction of sp³-hybridized carbons (Fsp3) is 0.231. The van der Waals surface area contributed by atoms with Gasteiger partial charge in [-0.15, -0.1) is 0 Å². The normalized spacial score (nSPS) is 11.3. The molecule has 1 N–H and O–H groups in total. The van der Waals surface area contributed by atoms with Crippen LogP contribution < -0.4 is 10.1 Å². The molecule has 9 heteroatoms. The maximum Gasteiger partial charge on any atom is 0.387 e. The van der Waals surface area contributed by atoms with E-state index in [-0.39, 0.29) is 6.07 Å². The van der Waals surface area contributed by atoms with Gasteiger partial charge in [-0.25, -0.2) is 8.78 Å². The van der Waals surface area contributed by atoms with E-state index in [0.29, 0.717) is 6.54 Å². The lowest BCUT2D eigenvalue weighted by molar-refractivity contribution is -0.0550. The maximum absolute atomic E-state index is 13.9. The maximum atomic E-state index is 13.9. The van der Waals surface area contributed by atoms with Crippen molar-refractivity contribution >= 4 is 5.78 Å². The SMILES string of the molecule is CCN/C=C(\C#N)C(=O)c1cc(F)c(F)c(OC(F)F)c1F. The molecule has 0 aliphatic rings. The average Bonchev–Trinajstić information content (AvgIpc) is 2.47. The van der Waals surface area contributed by atoms with Crippen molar-refractivity contribution in [2.24, 2.45) is 0 Å². The minimum absolute atomic E-state index is 0.169. The van der Waals surface area contributed by atoms with Crippen molar-refractivity contribution in [3.8, 4) is 11.8 Å². The number of nitrogens with zero attached hydrogens (tertiary/aromatic N) is 1. The largest absolute Gasteiger partial charge is 0.428 e. The molecule has 0 unspecified atom stereocenters. The summed E-state index contributed by atoms with van der Waals surface area (Å²) in [6, 6.07) is 1.60. The zero-order chi connectivity index (χ0) is 16.9. The zero-order valence-electron chi connectivity index (χ0n) is 11.1. The van der Waals surface area contributed by atoms with Crippen LogP contribution in [0.2, 0.25) is 0 Å². The number of carbonyl (C=O) groups is 1. The summed E-state index contributed by atoms with van der Waals surface area (Å²) in [4.78, 5) is 11.9. The molecule has 0 aliphatic carbocycles. The summed E-state index contributed by atoms with van der Waals surface area (Å²) >= 11 is 0. The number of halogens is 5. The minimum atomic E-state index is -3.62. The van der Waals surface area contributed by atoms with Gasteiger partial charge in [0.1, 0.15) is 11.6 Å². The molecule has 0 radical (unpaired) electrons. The molecule has 0 spiro atoms. The number of alkyl halides is 2. The van der Waals surface area contributed by atoms with Gasteiger partial charge in [-0.1, -0.05) is 0 Å². The average molecular weight is 320 g/mol. The van der Waals surface area contributed by atoms with Crippen LogP contribution in [0.4, 0.5) is 22.0 Å². The van der Waals surface area contributed by atoms with Gasteiger partial charge in [0.15, 0.2) is 11.6 Å². The molecule has 118 valence electrons. The molecule has 0 bridgehead atoms. The van der Waals surface area contributed by atoms with Crippen LogP contribution in [0, 0.1) is 28.8 Å². The Balaban J connectivity index is 3.39. The molecule has 1 aromatic rings. The molecular weight excluding hydrogens is 311 g/mol. The molecular formula is C13H9F5N2O2. The lowest BCUT2D eigenvalue weighted by Gasteiger charge is -2.10. The van der Waals surface area contributed by atoms with Crippen LogP contribution in [0.3, 0.4) is 0 Å². The van der Waals surface area contributed by atoms with Crippen LogP contribution in [-0.2, 0) is 0 Å². The molecule has 0 saturated carbocycles. The van der Waals surface area contributed by atoms with E-state index in [1.54, 1.807) is 6.92 Å². The first-order valence-electron chi connectivity index (χ1n) is 5.84.